The highest BCUT2D eigenvalue weighted by Crippen LogP contribution is 2.37. The quantitative estimate of drug-likeness (QED) is 0.642. The average Bonchev–Trinajstić information content (AvgIpc) is 3.23. The molecule has 1 aromatic carbocycles. The van der Waals surface area contributed by atoms with Crippen molar-refractivity contribution in [1.29, 1.82) is 0 Å². The van der Waals surface area contributed by atoms with Crippen LogP contribution in [0.5, 0.6) is 0 Å². The lowest BCUT2D eigenvalue weighted by Gasteiger charge is -2.28. The molecule has 1 saturated heterocycles. The van der Waals surface area contributed by atoms with Crippen molar-refractivity contribution < 1.29 is 22.8 Å². The van der Waals surface area contributed by atoms with Gasteiger partial charge in [-0.05, 0) is 54.9 Å². The topological polar surface area (TPSA) is 50.5 Å². The van der Waals surface area contributed by atoms with Gasteiger partial charge in [-0.25, -0.2) is 8.78 Å². The first kappa shape index (κ1) is 18.0. The number of nitrogens with zero attached hydrogens (tertiary/aromatic N) is 1. The number of carbonyl (C=O) groups excluding carboxylic acids is 2. The van der Waals surface area contributed by atoms with Crippen LogP contribution < -0.4 is 0 Å². The number of thioether (sulfide) groups is 1. The molecule has 4 rings (SSSR count). The average molecular weight is 389 g/mol. The zero-order valence-corrected chi connectivity index (χ0v) is 15.2. The van der Waals surface area contributed by atoms with Crippen molar-refractivity contribution in [3.05, 3.63) is 52.6 Å². The Morgan fingerprint density at radius 2 is 1.81 bits per heavy atom. The zero-order chi connectivity index (χ0) is 19.0. The van der Waals surface area contributed by atoms with Crippen LogP contribution in [0.15, 0.2) is 39.7 Å². The van der Waals surface area contributed by atoms with E-state index in [1.54, 1.807) is 12.1 Å². The van der Waals surface area contributed by atoms with Crippen molar-refractivity contribution in [3.8, 4) is 11.3 Å². The summed E-state index contributed by atoms with van der Waals surface area (Å²) in [6.45, 7) is 0. The third kappa shape index (κ3) is 3.56. The minimum absolute atomic E-state index is 0.0218. The van der Waals surface area contributed by atoms with E-state index >= 15 is 0 Å². The highest BCUT2D eigenvalue weighted by molar-refractivity contribution is 8.18. The van der Waals surface area contributed by atoms with Crippen molar-refractivity contribution in [2.45, 2.75) is 38.1 Å². The van der Waals surface area contributed by atoms with Crippen molar-refractivity contribution in [1.82, 2.24) is 4.90 Å². The Balaban J connectivity index is 1.55. The molecule has 1 aliphatic carbocycles. The molecular formula is C20H17F2NO3S. The molecule has 4 nitrogen and oxygen atoms in total. The predicted octanol–water partition coefficient (Wildman–Crippen LogP) is 5.59. The molecule has 140 valence electrons. The van der Waals surface area contributed by atoms with Crippen LogP contribution in [-0.2, 0) is 4.79 Å². The Morgan fingerprint density at radius 3 is 2.56 bits per heavy atom. The van der Waals surface area contributed by atoms with Crippen LogP contribution in [-0.4, -0.2) is 22.1 Å². The van der Waals surface area contributed by atoms with E-state index in [0.717, 1.165) is 56.0 Å². The van der Waals surface area contributed by atoms with Gasteiger partial charge in [0.2, 0.25) is 0 Å². The van der Waals surface area contributed by atoms with Gasteiger partial charge < -0.3 is 4.42 Å². The smallest absolute Gasteiger partial charge is 0.293 e. The maximum absolute atomic E-state index is 13.4. The number of halogens is 2. The highest BCUT2D eigenvalue weighted by Gasteiger charge is 2.40. The molecule has 0 unspecified atom stereocenters. The molecule has 2 aromatic rings. The lowest BCUT2D eigenvalue weighted by molar-refractivity contribution is -0.124. The van der Waals surface area contributed by atoms with E-state index in [2.05, 4.69) is 0 Å². The number of imide groups is 1. The van der Waals surface area contributed by atoms with Crippen LogP contribution in [0.1, 0.15) is 37.9 Å². The fraction of sp³-hybridized carbons (Fsp3) is 0.300. The highest BCUT2D eigenvalue weighted by atomic mass is 32.2. The van der Waals surface area contributed by atoms with Gasteiger partial charge in [-0.15, -0.1) is 0 Å². The summed E-state index contributed by atoms with van der Waals surface area (Å²) >= 11 is 0.909. The van der Waals surface area contributed by atoms with Crippen LogP contribution in [0.2, 0.25) is 0 Å². The standard InChI is InChI=1S/C20H17F2NO3S/c21-15-8-6-12(10-16(15)22)17-9-7-14(26-17)11-18-19(24)23(20(25)27-18)13-4-2-1-3-5-13/h6-11,13H,1-5H2. The molecule has 7 heteroatoms. The SMILES string of the molecule is O=C1SC(=Cc2ccc(-c3ccc(F)c(F)c3)o2)C(=O)N1C1CCCCC1. The summed E-state index contributed by atoms with van der Waals surface area (Å²) in [4.78, 5) is 26.6. The normalized spacial score (nSPS) is 20.1. The Bertz CT molecular complexity index is 931. The lowest BCUT2D eigenvalue weighted by Crippen LogP contribution is -2.39. The molecule has 0 spiro atoms. The second kappa shape index (κ2) is 7.31. The molecule has 2 aliphatic rings. The van der Waals surface area contributed by atoms with Gasteiger partial charge in [0.05, 0.1) is 4.91 Å². The number of furan rings is 1. The number of benzene rings is 1. The summed E-state index contributed by atoms with van der Waals surface area (Å²) in [5.41, 5.74) is 0.392. The summed E-state index contributed by atoms with van der Waals surface area (Å²) in [7, 11) is 0. The Kier molecular flexibility index (Phi) is 4.86. The fourth-order valence-electron chi connectivity index (χ4n) is 3.50. The Labute approximate surface area is 159 Å². The van der Waals surface area contributed by atoms with Crippen LogP contribution in [0.4, 0.5) is 13.6 Å². The maximum Gasteiger partial charge on any atom is 0.293 e. The van der Waals surface area contributed by atoms with Gasteiger partial charge in [0.1, 0.15) is 11.5 Å². The van der Waals surface area contributed by atoms with Gasteiger partial charge >= 0.3 is 0 Å². The van der Waals surface area contributed by atoms with E-state index in [4.69, 9.17) is 4.42 Å². The second-order valence-corrected chi connectivity index (χ2v) is 7.67. The minimum atomic E-state index is -0.959. The number of hydrogen-bond acceptors (Lipinski definition) is 4. The number of amides is 2. The van der Waals surface area contributed by atoms with Gasteiger partial charge in [0.25, 0.3) is 11.1 Å². The zero-order valence-electron chi connectivity index (χ0n) is 14.4. The number of hydrogen-bond donors (Lipinski definition) is 0. The van der Waals surface area contributed by atoms with E-state index in [-0.39, 0.29) is 17.2 Å². The molecule has 0 radical (unpaired) electrons. The molecule has 2 heterocycles. The van der Waals surface area contributed by atoms with Gasteiger partial charge in [0.15, 0.2) is 11.6 Å². The summed E-state index contributed by atoms with van der Waals surface area (Å²) < 4.78 is 32.1. The van der Waals surface area contributed by atoms with Crippen LogP contribution in [0.3, 0.4) is 0 Å². The van der Waals surface area contributed by atoms with Crippen molar-refractivity contribution in [3.63, 3.8) is 0 Å². The first-order valence-electron chi connectivity index (χ1n) is 8.85. The lowest BCUT2D eigenvalue weighted by atomic mass is 9.94. The number of rotatable bonds is 3. The second-order valence-electron chi connectivity index (χ2n) is 6.67. The van der Waals surface area contributed by atoms with E-state index in [9.17, 15) is 18.4 Å². The molecule has 1 aliphatic heterocycles. The first-order valence-corrected chi connectivity index (χ1v) is 9.67. The number of carbonyl (C=O) groups is 2. The summed E-state index contributed by atoms with van der Waals surface area (Å²) in [6.07, 6.45) is 6.43. The Hall–Kier alpha value is -2.41. The monoisotopic (exact) mass is 389 g/mol. The van der Waals surface area contributed by atoms with Crippen molar-refractivity contribution in [2.75, 3.05) is 0 Å². The van der Waals surface area contributed by atoms with Gasteiger partial charge in [0, 0.05) is 17.7 Å². The summed E-state index contributed by atoms with van der Waals surface area (Å²) in [6, 6.07) is 6.72. The van der Waals surface area contributed by atoms with Crippen molar-refractivity contribution in [2.24, 2.45) is 0 Å². The molecule has 27 heavy (non-hydrogen) atoms. The molecular weight excluding hydrogens is 372 g/mol. The van der Waals surface area contributed by atoms with E-state index in [1.807, 2.05) is 0 Å². The first-order chi connectivity index (χ1) is 13.0. The van der Waals surface area contributed by atoms with Crippen LogP contribution in [0, 0.1) is 11.6 Å². The van der Waals surface area contributed by atoms with E-state index in [1.165, 1.54) is 17.0 Å². The fourth-order valence-corrected chi connectivity index (χ4v) is 4.38. The molecule has 0 bridgehead atoms. The van der Waals surface area contributed by atoms with Crippen LogP contribution in [0.25, 0.3) is 17.4 Å². The molecule has 2 amide bonds. The molecule has 1 saturated carbocycles. The van der Waals surface area contributed by atoms with Crippen LogP contribution >= 0.6 is 11.8 Å². The van der Waals surface area contributed by atoms with E-state index < -0.39 is 11.6 Å². The third-order valence-electron chi connectivity index (χ3n) is 4.87. The molecule has 0 atom stereocenters. The van der Waals surface area contributed by atoms with Gasteiger partial charge in [-0.1, -0.05) is 19.3 Å². The molecule has 0 N–H and O–H groups in total. The van der Waals surface area contributed by atoms with Crippen molar-refractivity contribution >= 4 is 29.0 Å². The summed E-state index contributed by atoms with van der Waals surface area (Å²) in [5, 5.41) is -0.245. The summed E-state index contributed by atoms with van der Waals surface area (Å²) in [5.74, 6) is -1.45. The van der Waals surface area contributed by atoms with Gasteiger partial charge in [-0.3, -0.25) is 14.5 Å². The largest absolute Gasteiger partial charge is 0.457 e. The minimum Gasteiger partial charge on any atom is -0.457 e. The predicted molar refractivity (Wildman–Crippen MR) is 98.7 cm³/mol. The molecule has 1 aromatic heterocycles. The van der Waals surface area contributed by atoms with Gasteiger partial charge in [-0.2, -0.15) is 0 Å². The Morgan fingerprint density at radius 1 is 1.04 bits per heavy atom. The third-order valence-corrected chi connectivity index (χ3v) is 5.75. The van der Waals surface area contributed by atoms with E-state index in [0.29, 0.717) is 22.0 Å². The maximum atomic E-state index is 13.4. The molecule has 2 fully saturated rings.